The Morgan fingerprint density at radius 2 is 1.73 bits per heavy atom. The Kier molecular flexibility index (Phi) is 3.63. The number of hydrogen-bond acceptors (Lipinski definition) is 3. The van der Waals surface area contributed by atoms with E-state index in [1.165, 1.54) is 6.92 Å². The topological polar surface area (TPSA) is 51.2 Å². The molecule has 0 aliphatic rings. The molecule has 0 spiro atoms. The van der Waals surface area contributed by atoms with E-state index >= 15 is 0 Å². The van der Waals surface area contributed by atoms with Gasteiger partial charge < -0.3 is 0 Å². The van der Waals surface area contributed by atoms with Crippen LogP contribution in [0.4, 0.5) is 0 Å². The summed E-state index contributed by atoms with van der Waals surface area (Å²) in [5.74, 6) is 0.167. The van der Waals surface area contributed by atoms with Gasteiger partial charge in [-0.2, -0.15) is 0 Å². The van der Waals surface area contributed by atoms with Crippen LogP contribution in [-0.2, 0) is 21.1 Å². The third kappa shape index (κ3) is 3.16. The fourth-order valence-electron chi connectivity index (χ4n) is 1.27. The number of benzene rings is 1. The molecule has 0 bridgehead atoms. The zero-order chi connectivity index (χ0) is 11.5. The molecular weight excluding hydrogens is 212 g/mol. The van der Waals surface area contributed by atoms with Crippen molar-refractivity contribution in [3.63, 3.8) is 0 Å². The van der Waals surface area contributed by atoms with Crippen LogP contribution in [-0.4, -0.2) is 20.0 Å². The zero-order valence-corrected chi connectivity index (χ0v) is 9.67. The Bertz CT molecular complexity index is 443. The van der Waals surface area contributed by atoms with Crippen LogP contribution in [0.5, 0.6) is 0 Å². The first kappa shape index (κ1) is 11.9. The molecule has 0 saturated carbocycles. The third-order valence-electron chi connectivity index (χ3n) is 2.12. The van der Waals surface area contributed by atoms with Crippen molar-refractivity contribution in [1.29, 1.82) is 0 Å². The van der Waals surface area contributed by atoms with E-state index in [1.807, 2.05) is 0 Å². The Hall–Kier alpha value is -1.16. The van der Waals surface area contributed by atoms with E-state index in [4.69, 9.17) is 0 Å². The van der Waals surface area contributed by atoms with E-state index in [0.717, 1.165) is 5.56 Å². The first-order valence-electron chi connectivity index (χ1n) is 4.77. The summed E-state index contributed by atoms with van der Waals surface area (Å²) in [7, 11) is -3.13. The second-order valence-corrected chi connectivity index (χ2v) is 5.70. The summed E-state index contributed by atoms with van der Waals surface area (Å²) in [5, 5.41) is 0. The Morgan fingerprint density at radius 1 is 1.20 bits per heavy atom. The van der Waals surface area contributed by atoms with Crippen molar-refractivity contribution in [1.82, 2.24) is 0 Å². The summed E-state index contributed by atoms with van der Waals surface area (Å²) in [5.41, 5.74) is 0.845. The molecule has 0 fully saturated rings. The minimum Gasteiger partial charge on any atom is -0.300 e. The number of carbonyl (C=O) groups is 1. The lowest BCUT2D eigenvalue weighted by Gasteiger charge is -2.02. The fourth-order valence-corrected chi connectivity index (χ4v) is 2.15. The van der Waals surface area contributed by atoms with Gasteiger partial charge in [-0.25, -0.2) is 8.42 Å². The van der Waals surface area contributed by atoms with Gasteiger partial charge in [-0.3, -0.25) is 4.79 Å². The molecule has 4 heteroatoms. The molecule has 15 heavy (non-hydrogen) atoms. The maximum atomic E-state index is 11.5. The summed E-state index contributed by atoms with van der Waals surface area (Å²) in [6.45, 7) is 3.12. The maximum Gasteiger partial charge on any atom is 0.178 e. The van der Waals surface area contributed by atoms with Crippen LogP contribution in [0, 0.1) is 0 Å². The molecule has 82 valence electrons. The fraction of sp³-hybridized carbons (Fsp3) is 0.364. The molecule has 0 atom stereocenters. The van der Waals surface area contributed by atoms with Crippen LogP contribution in [0.1, 0.15) is 19.4 Å². The highest BCUT2D eigenvalue weighted by Gasteiger charge is 2.10. The van der Waals surface area contributed by atoms with E-state index in [2.05, 4.69) is 0 Å². The van der Waals surface area contributed by atoms with Crippen LogP contribution in [0.3, 0.4) is 0 Å². The van der Waals surface area contributed by atoms with Crippen molar-refractivity contribution in [2.24, 2.45) is 0 Å². The van der Waals surface area contributed by atoms with E-state index in [0.29, 0.717) is 11.3 Å². The number of sulfone groups is 1. The van der Waals surface area contributed by atoms with Crippen molar-refractivity contribution < 1.29 is 13.2 Å². The molecular formula is C11H14O3S. The molecule has 1 rings (SSSR count). The minimum absolute atomic E-state index is 0.0705. The van der Waals surface area contributed by atoms with Crippen LogP contribution in [0.15, 0.2) is 29.2 Å². The predicted molar refractivity (Wildman–Crippen MR) is 58.6 cm³/mol. The lowest BCUT2D eigenvalue weighted by Crippen LogP contribution is -2.04. The van der Waals surface area contributed by atoms with Gasteiger partial charge in [0.25, 0.3) is 0 Å². The third-order valence-corrected chi connectivity index (χ3v) is 3.87. The smallest absolute Gasteiger partial charge is 0.178 e. The number of ketones is 1. The highest BCUT2D eigenvalue weighted by molar-refractivity contribution is 7.91. The molecule has 0 N–H and O–H groups in total. The van der Waals surface area contributed by atoms with Gasteiger partial charge in [-0.15, -0.1) is 0 Å². The second-order valence-electron chi connectivity index (χ2n) is 3.43. The van der Waals surface area contributed by atoms with Crippen molar-refractivity contribution in [2.75, 3.05) is 5.75 Å². The standard InChI is InChI=1S/C11H14O3S/c1-3-15(13,14)11-6-4-10(5-7-11)8-9(2)12/h4-7H,3,8H2,1-2H3. The zero-order valence-electron chi connectivity index (χ0n) is 8.86. The van der Waals surface area contributed by atoms with Gasteiger partial charge in [0.1, 0.15) is 5.78 Å². The van der Waals surface area contributed by atoms with Gasteiger partial charge in [0.05, 0.1) is 10.6 Å². The molecule has 0 amide bonds. The van der Waals surface area contributed by atoms with Crippen molar-refractivity contribution in [3.8, 4) is 0 Å². The van der Waals surface area contributed by atoms with Crippen molar-refractivity contribution in [3.05, 3.63) is 29.8 Å². The van der Waals surface area contributed by atoms with Crippen LogP contribution in [0.2, 0.25) is 0 Å². The molecule has 0 aliphatic heterocycles. The van der Waals surface area contributed by atoms with Gasteiger partial charge in [0.15, 0.2) is 9.84 Å². The Labute approximate surface area is 90.0 Å². The minimum atomic E-state index is -3.13. The Balaban J connectivity index is 2.95. The van der Waals surface area contributed by atoms with Crippen LogP contribution < -0.4 is 0 Å². The largest absolute Gasteiger partial charge is 0.300 e. The SMILES string of the molecule is CCS(=O)(=O)c1ccc(CC(C)=O)cc1. The molecule has 0 heterocycles. The molecule has 0 saturated heterocycles. The van der Waals surface area contributed by atoms with Gasteiger partial charge in [0.2, 0.25) is 0 Å². The highest BCUT2D eigenvalue weighted by atomic mass is 32.2. The number of Topliss-reactive ketones (excluding diaryl/α,β-unsaturated/α-hetero) is 1. The summed E-state index contributed by atoms with van der Waals surface area (Å²) in [6.07, 6.45) is 0.354. The van der Waals surface area contributed by atoms with E-state index < -0.39 is 9.84 Å². The van der Waals surface area contributed by atoms with Gasteiger partial charge in [0, 0.05) is 6.42 Å². The summed E-state index contributed by atoms with van der Waals surface area (Å²) < 4.78 is 22.9. The second kappa shape index (κ2) is 4.57. The molecule has 0 aliphatic carbocycles. The number of hydrogen-bond donors (Lipinski definition) is 0. The lowest BCUT2D eigenvalue weighted by molar-refractivity contribution is -0.116. The van der Waals surface area contributed by atoms with Crippen molar-refractivity contribution in [2.45, 2.75) is 25.2 Å². The predicted octanol–water partition coefficient (Wildman–Crippen LogP) is 1.61. The monoisotopic (exact) mass is 226 g/mol. The van der Waals surface area contributed by atoms with E-state index in [9.17, 15) is 13.2 Å². The summed E-state index contributed by atoms with van der Waals surface area (Å²) in [4.78, 5) is 11.1. The van der Waals surface area contributed by atoms with Gasteiger partial charge in [-0.1, -0.05) is 19.1 Å². The summed E-state index contributed by atoms with van der Waals surface area (Å²) in [6, 6.07) is 6.47. The molecule has 0 radical (unpaired) electrons. The number of rotatable bonds is 4. The molecule has 1 aromatic carbocycles. The van der Waals surface area contributed by atoms with Crippen LogP contribution in [0.25, 0.3) is 0 Å². The molecule has 0 unspecified atom stereocenters. The van der Waals surface area contributed by atoms with Gasteiger partial charge in [-0.05, 0) is 24.6 Å². The quantitative estimate of drug-likeness (QED) is 0.783. The van der Waals surface area contributed by atoms with Crippen molar-refractivity contribution >= 4 is 15.6 Å². The normalized spacial score (nSPS) is 11.3. The molecule has 3 nitrogen and oxygen atoms in total. The molecule has 0 aromatic heterocycles. The Morgan fingerprint density at radius 3 is 2.13 bits per heavy atom. The summed E-state index contributed by atoms with van der Waals surface area (Å²) >= 11 is 0. The van der Waals surface area contributed by atoms with E-state index in [-0.39, 0.29) is 11.5 Å². The average Bonchev–Trinajstić information content (AvgIpc) is 2.18. The first-order chi connectivity index (χ1) is 6.95. The molecule has 1 aromatic rings. The average molecular weight is 226 g/mol. The van der Waals surface area contributed by atoms with Gasteiger partial charge >= 0.3 is 0 Å². The van der Waals surface area contributed by atoms with Crippen LogP contribution >= 0.6 is 0 Å². The highest BCUT2D eigenvalue weighted by Crippen LogP contribution is 2.12. The van der Waals surface area contributed by atoms with E-state index in [1.54, 1.807) is 31.2 Å². The first-order valence-corrected chi connectivity index (χ1v) is 6.42. The number of carbonyl (C=O) groups excluding carboxylic acids is 1. The lowest BCUT2D eigenvalue weighted by atomic mass is 10.1. The maximum absolute atomic E-state index is 11.5.